The Kier molecular flexibility index (Phi) is 1.36. The van der Waals surface area contributed by atoms with Crippen LogP contribution in [0.25, 0.3) is 0 Å². The molecule has 0 unspecified atom stereocenters. The Morgan fingerprint density at radius 1 is 1.86 bits per heavy atom. The van der Waals surface area contributed by atoms with E-state index >= 15 is 0 Å². The molecular formula is C4H5N2S. The molecule has 1 rings (SSSR count). The molecule has 0 atom stereocenters. The van der Waals surface area contributed by atoms with Crippen LogP contribution in [0.2, 0.25) is 0 Å². The maximum absolute atomic E-state index is 3.66. The molecule has 37 valence electrons. The molecule has 0 fully saturated rings. The molecule has 1 radical (unpaired) electrons. The van der Waals surface area contributed by atoms with Gasteiger partial charge in [-0.1, -0.05) is 4.49 Å². The topological polar surface area (TPSA) is 25.8 Å². The highest BCUT2D eigenvalue weighted by atomic mass is 32.1. The van der Waals surface area contributed by atoms with E-state index in [-0.39, 0.29) is 0 Å². The Morgan fingerprint density at radius 3 is 3.00 bits per heavy atom. The standard InChI is InChI=1S/C4H5N2S/c1-2-4-3-5-6-7-4/h3H,1-2H2. The largest absolute Gasteiger partial charge is 0.146 e. The van der Waals surface area contributed by atoms with Gasteiger partial charge < -0.3 is 0 Å². The predicted molar refractivity (Wildman–Crippen MR) is 29.0 cm³/mol. The molecule has 3 heteroatoms. The summed E-state index contributed by atoms with van der Waals surface area (Å²) < 4.78 is 3.64. The number of hydrogen-bond acceptors (Lipinski definition) is 3. The summed E-state index contributed by atoms with van der Waals surface area (Å²) in [5, 5.41) is 3.62. The summed E-state index contributed by atoms with van der Waals surface area (Å²) >= 11 is 1.40. The molecule has 1 heterocycles. The minimum Gasteiger partial charge on any atom is -0.146 e. The van der Waals surface area contributed by atoms with E-state index in [1.165, 1.54) is 11.5 Å². The molecule has 0 saturated heterocycles. The smallest absolute Gasteiger partial charge is 0.0653 e. The number of rotatable bonds is 1. The third kappa shape index (κ3) is 0.962. The second kappa shape index (κ2) is 2.02. The molecule has 0 spiro atoms. The van der Waals surface area contributed by atoms with Gasteiger partial charge in [-0.3, -0.25) is 0 Å². The van der Waals surface area contributed by atoms with E-state index in [0.717, 1.165) is 11.3 Å². The SMILES string of the molecule is [CH2]Cc1cnns1. The quantitative estimate of drug-likeness (QED) is 0.541. The van der Waals surface area contributed by atoms with Crippen LogP contribution in [0, 0.1) is 6.92 Å². The normalized spacial score (nSPS) is 9.29. The van der Waals surface area contributed by atoms with Crippen molar-refractivity contribution in [2.24, 2.45) is 0 Å². The summed E-state index contributed by atoms with van der Waals surface area (Å²) in [6, 6.07) is 0. The summed E-state index contributed by atoms with van der Waals surface area (Å²) in [5.41, 5.74) is 0. The number of nitrogens with zero attached hydrogens (tertiary/aromatic N) is 2. The molecule has 0 amide bonds. The molecule has 1 aromatic rings. The van der Waals surface area contributed by atoms with E-state index in [2.05, 4.69) is 16.5 Å². The molecule has 2 nitrogen and oxygen atoms in total. The Labute approximate surface area is 46.4 Å². The first-order chi connectivity index (χ1) is 3.43. The summed E-state index contributed by atoms with van der Waals surface area (Å²) in [6.07, 6.45) is 2.54. The van der Waals surface area contributed by atoms with Crippen molar-refractivity contribution in [3.8, 4) is 0 Å². The Hall–Kier alpha value is -0.440. The Balaban J connectivity index is 2.76. The first-order valence-corrected chi connectivity index (χ1v) is 2.76. The lowest BCUT2D eigenvalue weighted by atomic mass is 10.4. The van der Waals surface area contributed by atoms with Gasteiger partial charge in [0.05, 0.1) is 6.20 Å². The highest BCUT2D eigenvalue weighted by Gasteiger charge is 1.86. The van der Waals surface area contributed by atoms with Crippen LogP contribution in [0.4, 0.5) is 0 Å². The fourth-order valence-electron chi connectivity index (χ4n) is 0.298. The second-order valence-electron chi connectivity index (χ2n) is 1.13. The molecule has 0 saturated carbocycles. The first kappa shape index (κ1) is 4.71. The fraction of sp³-hybridized carbons (Fsp3) is 0.250. The van der Waals surface area contributed by atoms with Gasteiger partial charge >= 0.3 is 0 Å². The Morgan fingerprint density at radius 2 is 2.71 bits per heavy atom. The summed E-state index contributed by atoms with van der Waals surface area (Å²) in [4.78, 5) is 1.14. The van der Waals surface area contributed by atoms with Gasteiger partial charge in [0.1, 0.15) is 0 Å². The maximum atomic E-state index is 3.66. The van der Waals surface area contributed by atoms with Crippen LogP contribution < -0.4 is 0 Å². The van der Waals surface area contributed by atoms with Gasteiger partial charge in [0.25, 0.3) is 0 Å². The highest BCUT2D eigenvalue weighted by molar-refractivity contribution is 7.05. The van der Waals surface area contributed by atoms with Gasteiger partial charge in [0, 0.05) is 4.88 Å². The predicted octanol–water partition coefficient (Wildman–Crippen LogP) is 0.915. The van der Waals surface area contributed by atoms with Gasteiger partial charge in [-0.15, -0.1) is 5.10 Å². The van der Waals surface area contributed by atoms with Crippen molar-refractivity contribution in [3.63, 3.8) is 0 Å². The van der Waals surface area contributed by atoms with Crippen LogP contribution >= 0.6 is 11.5 Å². The molecule has 0 aliphatic rings. The van der Waals surface area contributed by atoms with E-state index in [4.69, 9.17) is 0 Å². The van der Waals surface area contributed by atoms with Crippen LogP contribution in [-0.2, 0) is 6.42 Å². The third-order valence-corrected chi connectivity index (χ3v) is 1.37. The van der Waals surface area contributed by atoms with Crippen molar-refractivity contribution < 1.29 is 0 Å². The van der Waals surface area contributed by atoms with Gasteiger partial charge in [0.2, 0.25) is 0 Å². The molecule has 0 aliphatic carbocycles. The fourth-order valence-corrected chi connectivity index (χ4v) is 0.682. The van der Waals surface area contributed by atoms with Crippen LogP contribution in [0.5, 0.6) is 0 Å². The van der Waals surface area contributed by atoms with E-state index < -0.39 is 0 Å². The lowest BCUT2D eigenvalue weighted by Gasteiger charge is -1.74. The average Bonchev–Trinajstić information content (AvgIpc) is 2.14. The van der Waals surface area contributed by atoms with E-state index in [1.54, 1.807) is 6.20 Å². The van der Waals surface area contributed by atoms with Gasteiger partial charge in [-0.2, -0.15) is 0 Å². The van der Waals surface area contributed by atoms with Crippen molar-refractivity contribution >= 4 is 11.5 Å². The second-order valence-corrected chi connectivity index (χ2v) is 2.00. The minimum absolute atomic E-state index is 0.803. The summed E-state index contributed by atoms with van der Waals surface area (Å²) in [7, 11) is 0. The molecular weight excluding hydrogens is 108 g/mol. The molecule has 0 bridgehead atoms. The van der Waals surface area contributed by atoms with Crippen molar-refractivity contribution in [2.45, 2.75) is 6.42 Å². The first-order valence-electron chi connectivity index (χ1n) is 1.99. The zero-order valence-electron chi connectivity index (χ0n) is 3.79. The van der Waals surface area contributed by atoms with Gasteiger partial charge in [-0.05, 0) is 24.9 Å². The molecule has 7 heavy (non-hydrogen) atoms. The van der Waals surface area contributed by atoms with Crippen LogP contribution in [0.1, 0.15) is 4.88 Å². The zero-order valence-corrected chi connectivity index (χ0v) is 4.61. The van der Waals surface area contributed by atoms with Crippen molar-refractivity contribution in [1.82, 2.24) is 9.59 Å². The van der Waals surface area contributed by atoms with Gasteiger partial charge in [-0.25, -0.2) is 0 Å². The average molecular weight is 113 g/mol. The van der Waals surface area contributed by atoms with Crippen LogP contribution in [-0.4, -0.2) is 9.59 Å². The van der Waals surface area contributed by atoms with Gasteiger partial charge in [0.15, 0.2) is 0 Å². The monoisotopic (exact) mass is 113 g/mol. The number of aromatic nitrogens is 2. The van der Waals surface area contributed by atoms with Crippen molar-refractivity contribution in [3.05, 3.63) is 18.0 Å². The van der Waals surface area contributed by atoms with Crippen LogP contribution in [0.15, 0.2) is 6.20 Å². The van der Waals surface area contributed by atoms with Crippen LogP contribution in [0.3, 0.4) is 0 Å². The molecule has 0 aromatic carbocycles. The Bertz CT molecular complexity index is 124. The highest BCUT2D eigenvalue weighted by Crippen LogP contribution is 1.99. The maximum Gasteiger partial charge on any atom is 0.0653 e. The summed E-state index contributed by atoms with van der Waals surface area (Å²) in [6.45, 7) is 3.66. The van der Waals surface area contributed by atoms with Crippen molar-refractivity contribution in [1.29, 1.82) is 0 Å². The number of hydrogen-bond donors (Lipinski definition) is 0. The molecule has 0 aliphatic heterocycles. The molecule has 1 aromatic heterocycles. The van der Waals surface area contributed by atoms with E-state index in [1.807, 2.05) is 0 Å². The molecule has 0 N–H and O–H groups in total. The third-order valence-electron chi connectivity index (χ3n) is 0.653. The zero-order chi connectivity index (χ0) is 5.11. The van der Waals surface area contributed by atoms with E-state index in [9.17, 15) is 0 Å². The lowest BCUT2D eigenvalue weighted by molar-refractivity contribution is 1.14. The lowest BCUT2D eigenvalue weighted by Crippen LogP contribution is -1.65. The van der Waals surface area contributed by atoms with Crippen molar-refractivity contribution in [2.75, 3.05) is 0 Å². The summed E-state index contributed by atoms with van der Waals surface area (Å²) in [5.74, 6) is 0. The minimum atomic E-state index is 0.803. The van der Waals surface area contributed by atoms with E-state index in [0.29, 0.717) is 0 Å².